The van der Waals surface area contributed by atoms with Crippen molar-refractivity contribution >= 4 is 0 Å². The van der Waals surface area contributed by atoms with E-state index in [-0.39, 0.29) is 0 Å². The van der Waals surface area contributed by atoms with Gasteiger partial charge in [-0.25, -0.2) is 0 Å². The lowest BCUT2D eigenvalue weighted by Crippen LogP contribution is -2.47. The third-order valence-electron chi connectivity index (χ3n) is 4.23. The predicted octanol–water partition coefficient (Wildman–Crippen LogP) is 2.53. The fourth-order valence-corrected chi connectivity index (χ4v) is 3.00. The molecule has 1 saturated heterocycles. The minimum atomic E-state index is 0.334. The van der Waals surface area contributed by atoms with Crippen LogP contribution in [0.2, 0.25) is 0 Å². The summed E-state index contributed by atoms with van der Waals surface area (Å²) in [5.74, 6) is 0. The standard InChI is InChI=1S/C17H28N2O/c1-18-12-13-19(11-7-2-3-8-14-20)17(15-18)16-9-5-4-6-10-16/h4-6,9-10,17,20H,2-3,7-8,11-15H2,1H3. The molecule has 1 aromatic carbocycles. The number of aliphatic hydroxyl groups is 1. The van der Waals surface area contributed by atoms with Gasteiger partial charge in [0, 0.05) is 32.3 Å². The van der Waals surface area contributed by atoms with Gasteiger partial charge in [-0.2, -0.15) is 0 Å². The molecular formula is C17H28N2O. The fourth-order valence-electron chi connectivity index (χ4n) is 3.00. The van der Waals surface area contributed by atoms with Crippen LogP contribution in [0.3, 0.4) is 0 Å². The largest absolute Gasteiger partial charge is 0.396 e. The zero-order valence-corrected chi connectivity index (χ0v) is 12.7. The Bertz CT molecular complexity index is 369. The third-order valence-corrected chi connectivity index (χ3v) is 4.23. The molecule has 3 heteroatoms. The van der Waals surface area contributed by atoms with Gasteiger partial charge in [0.1, 0.15) is 0 Å². The first kappa shape index (κ1) is 15.5. The molecule has 1 atom stereocenters. The number of nitrogens with zero attached hydrogens (tertiary/aromatic N) is 2. The number of aliphatic hydroxyl groups excluding tert-OH is 1. The zero-order chi connectivity index (χ0) is 14.2. The Balaban J connectivity index is 1.88. The van der Waals surface area contributed by atoms with Crippen molar-refractivity contribution in [1.29, 1.82) is 0 Å². The van der Waals surface area contributed by atoms with Gasteiger partial charge in [-0.3, -0.25) is 4.90 Å². The Morgan fingerprint density at radius 1 is 1.05 bits per heavy atom. The molecule has 1 unspecified atom stereocenters. The van der Waals surface area contributed by atoms with Crippen LogP contribution in [0.15, 0.2) is 30.3 Å². The molecule has 0 radical (unpaired) electrons. The fraction of sp³-hybridized carbons (Fsp3) is 0.647. The van der Waals surface area contributed by atoms with Crippen molar-refractivity contribution in [2.75, 3.05) is 39.8 Å². The summed E-state index contributed by atoms with van der Waals surface area (Å²) >= 11 is 0. The van der Waals surface area contributed by atoms with Crippen LogP contribution < -0.4 is 0 Å². The van der Waals surface area contributed by atoms with Gasteiger partial charge in [0.05, 0.1) is 0 Å². The minimum absolute atomic E-state index is 0.334. The molecule has 0 bridgehead atoms. The summed E-state index contributed by atoms with van der Waals surface area (Å²) in [6.45, 7) is 4.97. The second-order valence-corrected chi connectivity index (χ2v) is 5.86. The van der Waals surface area contributed by atoms with Gasteiger partial charge < -0.3 is 10.0 Å². The van der Waals surface area contributed by atoms with E-state index in [0.717, 1.165) is 25.9 Å². The van der Waals surface area contributed by atoms with Gasteiger partial charge in [0.2, 0.25) is 0 Å². The first-order chi connectivity index (χ1) is 9.81. The van der Waals surface area contributed by atoms with E-state index in [1.54, 1.807) is 0 Å². The molecular weight excluding hydrogens is 248 g/mol. The molecule has 1 N–H and O–H groups in total. The SMILES string of the molecule is CN1CCN(CCCCCCO)C(c2ccccc2)C1. The Hall–Kier alpha value is -0.900. The smallest absolute Gasteiger partial charge is 0.0475 e. The Morgan fingerprint density at radius 3 is 2.55 bits per heavy atom. The summed E-state index contributed by atoms with van der Waals surface area (Å²) in [5, 5.41) is 8.82. The summed E-state index contributed by atoms with van der Waals surface area (Å²) in [6.07, 6.45) is 4.58. The van der Waals surface area contributed by atoms with E-state index in [2.05, 4.69) is 47.2 Å². The molecule has 2 rings (SSSR count). The zero-order valence-electron chi connectivity index (χ0n) is 12.7. The van der Waals surface area contributed by atoms with Gasteiger partial charge in [0.25, 0.3) is 0 Å². The minimum Gasteiger partial charge on any atom is -0.396 e. The predicted molar refractivity (Wildman–Crippen MR) is 83.8 cm³/mol. The number of rotatable bonds is 7. The first-order valence-electron chi connectivity index (χ1n) is 7.89. The van der Waals surface area contributed by atoms with Crippen molar-refractivity contribution in [2.45, 2.75) is 31.7 Å². The molecule has 3 nitrogen and oxygen atoms in total. The van der Waals surface area contributed by atoms with Crippen LogP contribution in [0.5, 0.6) is 0 Å². The maximum Gasteiger partial charge on any atom is 0.0475 e. The monoisotopic (exact) mass is 276 g/mol. The van der Waals surface area contributed by atoms with Crippen molar-refractivity contribution in [3.8, 4) is 0 Å². The van der Waals surface area contributed by atoms with Crippen LogP contribution in [0.1, 0.15) is 37.3 Å². The summed E-state index contributed by atoms with van der Waals surface area (Å²) in [6, 6.07) is 11.4. The highest BCUT2D eigenvalue weighted by Crippen LogP contribution is 2.25. The highest BCUT2D eigenvalue weighted by Gasteiger charge is 2.25. The number of unbranched alkanes of at least 4 members (excludes halogenated alkanes) is 3. The summed E-state index contributed by atoms with van der Waals surface area (Å²) in [7, 11) is 2.22. The maximum absolute atomic E-state index is 8.82. The molecule has 1 aliphatic heterocycles. The summed E-state index contributed by atoms with van der Waals surface area (Å²) in [4.78, 5) is 5.06. The number of hydrogen-bond acceptors (Lipinski definition) is 3. The average Bonchev–Trinajstić information content (AvgIpc) is 2.49. The van der Waals surface area contributed by atoms with E-state index in [1.807, 2.05) is 0 Å². The van der Waals surface area contributed by atoms with E-state index in [0.29, 0.717) is 12.6 Å². The van der Waals surface area contributed by atoms with Gasteiger partial charge in [0.15, 0.2) is 0 Å². The molecule has 1 aliphatic rings. The van der Waals surface area contributed by atoms with Crippen LogP contribution in [-0.4, -0.2) is 54.7 Å². The van der Waals surface area contributed by atoms with Crippen LogP contribution >= 0.6 is 0 Å². The van der Waals surface area contributed by atoms with Crippen LogP contribution in [0, 0.1) is 0 Å². The number of likely N-dealkylation sites (N-methyl/N-ethyl adjacent to an activating group) is 1. The highest BCUT2D eigenvalue weighted by molar-refractivity contribution is 5.20. The van der Waals surface area contributed by atoms with Crippen molar-refractivity contribution in [3.63, 3.8) is 0 Å². The van der Waals surface area contributed by atoms with E-state index >= 15 is 0 Å². The van der Waals surface area contributed by atoms with Crippen molar-refractivity contribution in [1.82, 2.24) is 9.80 Å². The molecule has 1 aromatic rings. The molecule has 20 heavy (non-hydrogen) atoms. The molecule has 112 valence electrons. The van der Waals surface area contributed by atoms with Crippen LogP contribution in [0.4, 0.5) is 0 Å². The second-order valence-electron chi connectivity index (χ2n) is 5.86. The van der Waals surface area contributed by atoms with E-state index < -0.39 is 0 Å². The van der Waals surface area contributed by atoms with Crippen LogP contribution in [0.25, 0.3) is 0 Å². The number of piperazine rings is 1. The van der Waals surface area contributed by atoms with Gasteiger partial charge >= 0.3 is 0 Å². The van der Waals surface area contributed by atoms with Crippen molar-refractivity contribution in [3.05, 3.63) is 35.9 Å². The molecule has 0 aliphatic carbocycles. The summed E-state index contributed by atoms with van der Waals surface area (Å²) < 4.78 is 0. The van der Waals surface area contributed by atoms with E-state index in [4.69, 9.17) is 5.11 Å². The average molecular weight is 276 g/mol. The third kappa shape index (κ3) is 4.58. The molecule has 1 fully saturated rings. The lowest BCUT2D eigenvalue weighted by Gasteiger charge is -2.40. The second kappa shape index (κ2) is 8.40. The summed E-state index contributed by atoms with van der Waals surface area (Å²) in [5.41, 5.74) is 1.44. The quantitative estimate of drug-likeness (QED) is 0.775. The maximum atomic E-state index is 8.82. The van der Waals surface area contributed by atoms with E-state index in [9.17, 15) is 0 Å². The van der Waals surface area contributed by atoms with Crippen molar-refractivity contribution < 1.29 is 5.11 Å². The molecule has 0 spiro atoms. The lowest BCUT2D eigenvalue weighted by molar-refractivity contribution is 0.0880. The number of benzene rings is 1. The Morgan fingerprint density at radius 2 is 1.80 bits per heavy atom. The lowest BCUT2D eigenvalue weighted by atomic mass is 10.0. The van der Waals surface area contributed by atoms with Gasteiger partial charge in [-0.15, -0.1) is 0 Å². The van der Waals surface area contributed by atoms with Crippen molar-refractivity contribution in [2.24, 2.45) is 0 Å². The Labute approximate surface area is 123 Å². The van der Waals surface area contributed by atoms with Gasteiger partial charge in [-0.1, -0.05) is 43.2 Å². The Kier molecular flexibility index (Phi) is 6.51. The molecule has 0 aromatic heterocycles. The highest BCUT2D eigenvalue weighted by atomic mass is 16.2. The first-order valence-corrected chi connectivity index (χ1v) is 7.89. The number of hydrogen-bond donors (Lipinski definition) is 1. The van der Waals surface area contributed by atoms with E-state index in [1.165, 1.54) is 31.5 Å². The normalized spacial score (nSPS) is 21.2. The molecule has 1 heterocycles. The van der Waals surface area contributed by atoms with Gasteiger partial charge in [-0.05, 0) is 32.0 Å². The van der Waals surface area contributed by atoms with Crippen LogP contribution in [-0.2, 0) is 0 Å². The molecule has 0 amide bonds. The molecule has 0 saturated carbocycles. The topological polar surface area (TPSA) is 26.7 Å².